The van der Waals surface area contributed by atoms with Crippen LogP contribution < -0.4 is 5.32 Å². The lowest BCUT2D eigenvalue weighted by Gasteiger charge is -2.35. The zero-order valence-corrected chi connectivity index (χ0v) is 10.2. The number of thiophene rings is 1. The topological polar surface area (TPSA) is 32.3 Å². The molecule has 2 atom stereocenters. The van der Waals surface area contributed by atoms with Crippen molar-refractivity contribution in [3.05, 3.63) is 21.9 Å². The summed E-state index contributed by atoms with van der Waals surface area (Å²) in [6.07, 6.45) is 2.29. The van der Waals surface area contributed by atoms with Gasteiger partial charge in [-0.25, -0.2) is 0 Å². The molecule has 2 rings (SSSR count). The predicted octanol–water partition coefficient (Wildman–Crippen LogP) is 2.26. The summed E-state index contributed by atoms with van der Waals surface area (Å²) >= 11 is 1.67. The monoisotopic (exact) mass is 225 g/mol. The Morgan fingerprint density at radius 2 is 2.40 bits per heavy atom. The van der Waals surface area contributed by atoms with Gasteiger partial charge in [-0.3, -0.25) is 0 Å². The second kappa shape index (κ2) is 4.24. The van der Waals surface area contributed by atoms with Gasteiger partial charge in [0.1, 0.15) is 5.60 Å². The van der Waals surface area contributed by atoms with Gasteiger partial charge in [-0.1, -0.05) is 0 Å². The van der Waals surface area contributed by atoms with Crippen molar-refractivity contribution in [3.63, 3.8) is 0 Å². The van der Waals surface area contributed by atoms with Crippen LogP contribution in [0.2, 0.25) is 0 Å². The van der Waals surface area contributed by atoms with Crippen molar-refractivity contribution in [2.45, 2.75) is 32.3 Å². The lowest BCUT2D eigenvalue weighted by molar-refractivity contribution is -0.0128. The molecule has 1 aliphatic heterocycles. The zero-order chi connectivity index (χ0) is 10.9. The zero-order valence-electron chi connectivity index (χ0n) is 9.42. The van der Waals surface area contributed by atoms with Gasteiger partial charge in [0.05, 0.1) is 0 Å². The average molecular weight is 225 g/mol. The Morgan fingerprint density at radius 1 is 1.60 bits per heavy atom. The van der Waals surface area contributed by atoms with Crippen molar-refractivity contribution in [2.75, 3.05) is 13.1 Å². The van der Waals surface area contributed by atoms with Gasteiger partial charge < -0.3 is 10.4 Å². The highest BCUT2D eigenvalue weighted by atomic mass is 32.1. The van der Waals surface area contributed by atoms with Crippen LogP contribution in [-0.4, -0.2) is 18.2 Å². The van der Waals surface area contributed by atoms with Gasteiger partial charge in [-0.05, 0) is 50.2 Å². The largest absolute Gasteiger partial charge is 0.384 e. The summed E-state index contributed by atoms with van der Waals surface area (Å²) in [5.41, 5.74) is 0.557. The number of piperidine rings is 1. The van der Waals surface area contributed by atoms with Crippen LogP contribution in [0.1, 0.15) is 30.2 Å². The first kappa shape index (κ1) is 11.1. The maximum absolute atomic E-state index is 10.7. The Hall–Kier alpha value is -0.380. The third-order valence-electron chi connectivity index (χ3n) is 3.41. The van der Waals surface area contributed by atoms with E-state index in [1.165, 1.54) is 12.0 Å². The molecule has 1 fully saturated rings. The van der Waals surface area contributed by atoms with Crippen LogP contribution in [0.4, 0.5) is 0 Å². The van der Waals surface area contributed by atoms with Crippen molar-refractivity contribution >= 4 is 11.3 Å². The van der Waals surface area contributed by atoms with Crippen molar-refractivity contribution in [1.29, 1.82) is 0 Å². The second-order valence-electron chi connectivity index (χ2n) is 4.62. The minimum atomic E-state index is -0.661. The summed E-state index contributed by atoms with van der Waals surface area (Å²) in [5.74, 6) is 0.351. The molecule has 84 valence electrons. The van der Waals surface area contributed by atoms with E-state index in [9.17, 15) is 5.11 Å². The minimum Gasteiger partial charge on any atom is -0.384 e. The van der Waals surface area contributed by atoms with Crippen LogP contribution in [-0.2, 0) is 5.60 Å². The Balaban J connectivity index is 2.21. The number of aliphatic hydroxyl groups is 1. The highest BCUT2D eigenvalue weighted by molar-refractivity contribution is 7.10. The molecule has 3 heteroatoms. The molecule has 2 heterocycles. The molecular formula is C12H19NOS. The number of aryl methyl sites for hydroxylation is 1. The third-order valence-corrected chi connectivity index (χ3v) is 4.66. The van der Waals surface area contributed by atoms with E-state index >= 15 is 0 Å². The Bertz CT molecular complexity index is 326. The fraction of sp³-hybridized carbons (Fsp3) is 0.667. The van der Waals surface area contributed by atoms with Gasteiger partial charge in [0.15, 0.2) is 0 Å². The molecule has 0 aliphatic carbocycles. The Labute approximate surface area is 95.3 Å². The molecule has 0 saturated carbocycles. The average Bonchev–Trinajstić information content (AvgIpc) is 2.66. The van der Waals surface area contributed by atoms with E-state index in [0.717, 1.165) is 24.4 Å². The summed E-state index contributed by atoms with van der Waals surface area (Å²) in [5, 5.41) is 16.1. The number of hydrogen-bond donors (Lipinski definition) is 2. The van der Waals surface area contributed by atoms with E-state index in [4.69, 9.17) is 0 Å². The first-order valence-electron chi connectivity index (χ1n) is 5.60. The predicted molar refractivity (Wildman–Crippen MR) is 64.2 cm³/mol. The highest BCUT2D eigenvalue weighted by Gasteiger charge is 2.36. The molecule has 2 unspecified atom stereocenters. The van der Waals surface area contributed by atoms with Crippen LogP contribution in [0.15, 0.2) is 11.4 Å². The molecule has 1 aromatic heterocycles. The van der Waals surface area contributed by atoms with E-state index in [2.05, 4.69) is 23.7 Å². The normalized spacial score (nSPS) is 26.2. The van der Waals surface area contributed by atoms with Gasteiger partial charge in [0.25, 0.3) is 0 Å². The van der Waals surface area contributed by atoms with Crippen LogP contribution in [0.3, 0.4) is 0 Å². The standard InChI is InChI=1S/C12H19NOS/c1-9-5-7-15-11(9)12(2,14)10-4-3-6-13-8-10/h5,7,10,13-14H,3-4,6,8H2,1-2H3. The molecule has 0 radical (unpaired) electrons. The lowest BCUT2D eigenvalue weighted by atomic mass is 9.81. The molecule has 0 aromatic carbocycles. The van der Waals surface area contributed by atoms with Gasteiger partial charge in [-0.15, -0.1) is 11.3 Å². The molecule has 2 nitrogen and oxygen atoms in total. The van der Waals surface area contributed by atoms with Crippen LogP contribution in [0.5, 0.6) is 0 Å². The van der Waals surface area contributed by atoms with Gasteiger partial charge in [0.2, 0.25) is 0 Å². The second-order valence-corrected chi connectivity index (χ2v) is 5.54. The molecule has 1 aromatic rings. The van der Waals surface area contributed by atoms with Crippen molar-refractivity contribution in [3.8, 4) is 0 Å². The van der Waals surface area contributed by atoms with Gasteiger partial charge in [0, 0.05) is 17.3 Å². The van der Waals surface area contributed by atoms with Gasteiger partial charge in [-0.2, -0.15) is 0 Å². The fourth-order valence-corrected chi connectivity index (χ4v) is 3.48. The smallest absolute Gasteiger partial charge is 0.100 e. The van der Waals surface area contributed by atoms with Crippen LogP contribution in [0.25, 0.3) is 0 Å². The SMILES string of the molecule is Cc1ccsc1C(C)(O)C1CCCNC1. The maximum Gasteiger partial charge on any atom is 0.100 e. The molecule has 2 N–H and O–H groups in total. The Morgan fingerprint density at radius 3 is 2.93 bits per heavy atom. The van der Waals surface area contributed by atoms with E-state index < -0.39 is 5.60 Å². The molecule has 1 aliphatic rings. The van der Waals surface area contributed by atoms with E-state index in [1.54, 1.807) is 11.3 Å². The molecule has 1 saturated heterocycles. The summed E-state index contributed by atoms with van der Waals surface area (Å²) in [6.45, 7) is 6.07. The maximum atomic E-state index is 10.7. The van der Waals surface area contributed by atoms with Crippen LogP contribution in [0, 0.1) is 12.8 Å². The van der Waals surface area contributed by atoms with Crippen molar-refractivity contribution < 1.29 is 5.11 Å². The third kappa shape index (κ3) is 2.10. The number of rotatable bonds is 2. The van der Waals surface area contributed by atoms with Crippen molar-refractivity contribution in [2.24, 2.45) is 5.92 Å². The molecular weight excluding hydrogens is 206 g/mol. The van der Waals surface area contributed by atoms with Crippen molar-refractivity contribution in [1.82, 2.24) is 5.32 Å². The Kier molecular flexibility index (Phi) is 3.14. The number of hydrogen-bond acceptors (Lipinski definition) is 3. The molecule has 0 amide bonds. The highest BCUT2D eigenvalue weighted by Crippen LogP contribution is 2.37. The minimum absolute atomic E-state index is 0.351. The summed E-state index contributed by atoms with van der Waals surface area (Å²) in [4.78, 5) is 1.14. The first-order chi connectivity index (χ1) is 7.12. The van der Waals surface area contributed by atoms with E-state index in [1.807, 2.05) is 6.92 Å². The van der Waals surface area contributed by atoms with E-state index in [0.29, 0.717) is 5.92 Å². The summed E-state index contributed by atoms with van der Waals surface area (Å²) in [7, 11) is 0. The lowest BCUT2D eigenvalue weighted by Crippen LogP contribution is -2.42. The molecule has 15 heavy (non-hydrogen) atoms. The van der Waals surface area contributed by atoms with E-state index in [-0.39, 0.29) is 0 Å². The quantitative estimate of drug-likeness (QED) is 0.809. The summed E-state index contributed by atoms with van der Waals surface area (Å²) in [6, 6.07) is 2.09. The summed E-state index contributed by atoms with van der Waals surface area (Å²) < 4.78 is 0. The first-order valence-corrected chi connectivity index (χ1v) is 6.48. The molecule has 0 spiro atoms. The van der Waals surface area contributed by atoms with Gasteiger partial charge >= 0.3 is 0 Å². The van der Waals surface area contributed by atoms with Crippen LogP contribution >= 0.6 is 11.3 Å². The number of nitrogens with one attached hydrogen (secondary N) is 1. The molecule has 0 bridgehead atoms. The fourth-order valence-electron chi connectivity index (χ4n) is 2.41.